The molecule has 0 fully saturated rings. The molecule has 0 saturated carbocycles. The summed E-state index contributed by atoms with van der Waals surface area (Å²) >= 11 is 0. The Morgan fingerprint density at radius 2 is 1.62 bits per heavy atom. The van der Waals surface area contributed by atoms with Crippen molar-refractivity contribution in [2.24, 2.45) is 0 Å². The second-order valence-electron chi connectivity index (χ2n) is 4.35. The van der Waals surface area contributed by atoms with Crippen LogP contribution in [0.15, 0.2) is 54.6 Å². The zero-order valence-electron chi connectivity index (χ0n) is 11.0. The van der Waals surface area contributed by atoms with Crippen LogP contribution in [-0.2, 0) is 0 Å². The Morgan fingerprint density at radius 1 is 1.00 bits per heavy atom. The van der Waals surface area contributed by atoms with E-state index >= 15 is 0 Å². The van der Waals surface area contributed by atoms with Gasteiger partial charge in [0.15, 0.2) is 5.75 Å². The second kappa shape index (κ2) is 6.49. The second-order valence-corrected chi connectivity index (χ2v) is 4.35. The highest BCUT2D eigenvalue weighted by Crippen LogP contribution is 2.30. The average Bonchev–Trinajstić information content (AvgIpc) is 2.45. The fourth-order valence-electron chi connectivity index (χ4n) is 1.83. The molecular formula is C15H14F3NO2. The zero-order valence-corrected chi connectivity index (χ0v) is 11.0. The van der Waals surface area contributed by atoms with E-state index in [-0.39, 0.29) is 18.0 Å². The molecule has 0 amide bonds. The van der Waals surface area contributed by atoms with Crippen LogP contribution >= 0.6 is 0 Å². The molecule has 0 heterocycles. The van der Waals surface area contributed by atoms with Gasteiger partial charge in [-0.25, -0.2) is 0 Å². The maximum Gasteiger partial charge on any atom is 0.573 e. The molecule has 0 aliphatic heterocycles. The van der Waals surface area contributed by atoms with E-state index in [1.165, 1.54) is 18.2 Å². The lowest BCUT2D eigenvalue weighted by atomic mass is 10.1. The summed E-state index contributed by atoms with van der Waals surface area (Å²) < 4.78 is 40.8. The van der Waals surface area contributed by atoms with Crippen LogP contribution in [0.4, 0.5) is 18.9 Å². The Kier molecular flexibility index (Phi) is 4.70. The van der Waals surface area contributed by atoms with Gasteiger partial charge in [-0.05, 0) is 17.7 Å². The summed E-state index contributed by atoms with van der Waals surface area (Å²) in [5.74, 6) is -0.328. The first-order valence-corrected chi connectivity index (χ1v) is 6.27. The van der Waals surface area contributed by atoms with Crippen molar-refractivity contribution in [2.75, 3.05) is 11.9 Å². The molecule has 6 heteroatoms. The van der Waals surface area contributed by atoms with Crippen molar-refractivity contribution in [1.29, 1.82) is 0 Å². The van der Waals surface area contributed by atoms with Crippen molar-refractivity contribution in [3.63, 3.8) is 0 Å². The van der Waals surface area contributed by atoms with Gasteiger partial charge in [0, 0.05) is 6.54 Å². The highest BCUT2D eigenvalue weighted by Gasteiger charge is 2.32. The van der Waals surface area contributed by atoms with Crippen LogP contribution in [0.2, 0.25) is 0 Å². The molecule has 0 radical (unpaired) electrons. The molecule has 0 aliphatic carbocycles. The Labute approximate surface area is 120 Å². The first-order chi connectivity index (χ1) is 9.96. The number of halogens is 3. The number of hydrogen-bond donors (Lipinski definition) is 2. The number of rotatable bonds is 5. The van der Waals surface area contributed by atoms with Gasteiger partial charge in [-0.1, -0.05) is 42.5 Å². The van der Waals surface area contributed by atoms with E-state index in [2.05, 4.69) is 10.1 Å². The predicted molar refractivity (Wildman–Crippen MR) is 73.0 cm³/mol. The van der Waals surface area contributed by atoms with Crippen molar-refractivity contribution in [3.05, 3.63) is 60.2 Å². The molecule has 1 unspecified atom stereocenters. The molecule has 2 aromatic rings. The van der Waals surface area contributed by atoms with Crippen molar-refractivity contribution >= 4 is 5.69 Å². The fraction of sp³-hybridized carbons (Fsp3) is 0.200. The summed E-state index contributed by atoms with van der Waals surface area (Å²) in [6.07, 6.45) is -5.58. The molecule has 2 aromatic carbocycles. The van der Waals surface area contributed by atoms with Gasteiger partial charge in [0.25, 0.3) is 0 Å². The minimum absolute atomic E-state index is 0.0717. The van der Waals surface area contributed by atoms with Crippen molar-refractivity contribution in [1.82, 2.24) is 0 Å². The van der Waals surface area contributed by atoms with E-state index in [9.17, 15) is 18.3 Å². The van der Waals surface area contributed by atoms with Crippen molar-refractivity contribution in [3.8, 4) is 5.75 Å². The summed E-state index contributed by atoms with van der Waals surface area (Å²) in [5.41, 5.74) is 0.851. The van der Waals surface area contributed by atoms with Crippen molar-refractivity contribution in [2.45, 2.75) is 12.5 Å². The molecule has 3 nitrogen and oxygen atoms in total. The summed E-state index contributed by atoms with van der Waals surface area (Å²) in [4.78, 5) is 0. The summed E-state index contributed by atoms with van der Waals surface area (Å²) in [5, 5.41) is 12.7. The number of ether oxygens (including phenoxy) is 1. The Bertz CT molecular complexity index is 573. The average molecular weight is 297 g/mol. The molecule has 2 N–H and O–H groups in total. The maximum absolute atomic E-state index is 12.3. The quantitative estimate of drug-likeness (QED) is 0.883. The highest BCUT2D eigenvalue weighted by molar-refractivity contribution is 5.56. The molecule has 0 spiro atoms. The fourth-order valence-corrected chi connectivity index (χ4v) is 1.83. The molecule has 0 aromatic heterocycles. The summed E-state index contributed by atoms with van der Waals surface area (Å²) in [6.45, 7) is 0.0717. The minimum Gasteiger partial charge on any atom is -0.404 e. The molecule has 0 aliphatic rings. The van der Waals surface area contributed by atoms with E-state index in [4.69, 9.17) is 0 Å². The lowest BCUT2D eigenvalue weighted by Gasteiger charge is -2.17. The SMILES string of the molecule is OC(CNc1ccccc1OC(F)(F)F)c1ccccc1. The van der Waals surface area contributed by atoms with Gasteiger partial charge in [-0.15, -0.1) is 13.2 Å². The van der Waals surface area contributed by atoms with Gasteiger partial charge in [0.05, 0.1) is 11.8 Å². The Hall–Kier alpha value is -2.21. The number of anilines is 1. The number of aliphatic hydroxyl groups is 1. The van der Waals surface area contributed by atoms with Crippen LogP contribution < -0.4 is 10.1 Å². The third kappa shape index (κ3) is 4.68. The largest absolute Gasteiger partial charge is 0.573 e. The minimum atomic E-state index is -4.75. The van der Waals surface area contributed by atoms with E-state index in [0.29, 0.717) is 5.56 Å². The molecule has 0 bridgehead atoms. The molecular weight excluding hydrogens is 283 g/mol. The number of para-hydroxylation sites is 2. The number of benzene rings is 2. The Morgan fingerprint density at radius 3 is 2.29 bits per heavy atom. The first-order valence-electron chi connectivity index (χ1n) is 6.27. The first kappa shape index (κ1) is 15.2. The smallest absolute Gasteiger partial charge is 0.404 e. The van der Waals surface area contributed by atoms with Crippen LogP contribution in [0.25, 0.3) is 0 Å². The summed E-state index contributed by atoms with van der Waals surface area (Å²) in [6, 6.07) is 14.5. The van der Waals surface area contributed by atoms with Crippen molar-refractivity contribution < 1.29 is 23.0 Å². The number of alkyl halides is 3. The van der Waals surface area contributed by atoms with Gasteiger partial charge in [0.2, 0.25) is 0 Å². The number of nitrogens with one attached hydrogen (secondary N) is 1. The van der Waals surface area contributed by atoms with Gasteiger partial charge in [-0.2, -0.15) is 0 Å². The predicted octanol–water partition coefficient (Wildman–Crippen LogP) is 3.73. The monoisotopic (exact) mass is 297 g/mol. The molecule has 21 heavy (non-hydrogen) atoms. The number of hydrogen-bond acceptors (Lipinski definition) is 3. The van der Waals surface area contributed by atoms with Gasteiger partial charge in [-0.3, -0.25) is 0 Å². The highest BCUT2D eigenvalue weighted by atomic mass is 19.4. The van der Waals surface area contributed by atoms with E-state index < -0.39 is 12.5 Å². The lowest BCUT2D eigenvalue weighted by molar-refractivity contribution is -0.274. The van der Waals surface area contributed by atoms with E-state index in [1.807, 2.05) is 6.07 Å². The summed E-state index contributed by atoms with van der Waals surface area (Å²) in [7, 11) is 0. The van der Waals surface area contributed by atoms with Crippen LogP contribution in [0, 0.1) is 0 Å². The van der Waals surface area contributed by atoms with Gasteiger partial charge < -0.3 is 15.2 Å². The van der Waals surface area contributed by atoms with E-state index in [1.54, 1.807) is 30.3 Å². The molecule has 1 atom stereocenters. The van der Waals surface area contributed by atoms with Gasteiger partial charge in [0.1, 0.15) is 0 Å². The zero-order chi connectivity index (χ0) is 15.3. The topological polar surface area (TPSA) is 41.5 Å². The molecule has 0 saturated heterocycles. The standard InChI is InChI=1S/C15H14F3NO2/c16-15(17,18)21-14-9-5-4-8-12(14)19-10-13(20)11-6-2-1-3-7-11/h1-9,13,19-20H,10H2. The molecule has 112 valence electrons. The maximum atomic E-state index is 12.3. The van der Waals surface area contributed by atoms with Crippen LogP contribution in [0.3, 0.4) is 0 Å². The van der Waals surface area contributed by atoms with Crippen LogP contribution in [0.1, 0.15) is 11.7 Å². The molecule has 2 rings (SSSR count). The van der Waals surface area contributed by atoms with Crippen LogP contribution in [0.5, 0.6) is 5.75 Å². The van der Waals surface area contributed by atoms with Gasteiger partial charge >= 0.3 is 6.36 Å². The Balaban J connectivity index is 2.03. The van der Waals surface area contributed by atoms with Crippen LogP contribution in [-0.4, -0.2) is 18.0 Å². The third-order valence-corrected chi connectivity index (χ3v) is 2.78. The lowest BCUT2D eigenvalue weighted by Crippen LogP contribution is -2.19. The normalized spacial score (nSPS) is 12.8. The third-order valence-electron chi connectivity index (χ3n) is 2.78. The number of aliphatic hydroxyl groups excluding tert-OH is 1. The van der Waals surface area contributed by atoms with E-state index in [0.717, 1.165) is 0 Å².